The van der Waals surface area contributed by atoms with Crippen LogP contribution in [0.25, 0.3) is 0 Å². The van der Waals surface area contributed by atoms with E-state index >= 15 is 0 Å². The van der Waals surface area contributed by atoms with Crippen LogP contribution in [0.3, 0.4) is 0 Å². The molecule has 0 heterocycles. The molecule has 2 rings (SSSR count). The minimum atomic E-state index is -0.225. The molecule has 2 aromatic rings. The van der Waals surface area contributed by atoms with Gasteiger partial charge in [-0.3, -0.25) is 9.98 Å². The van der Waals surface area contributed by atoms with Crippen LogP contribution < -0.4 is 19.7 Å². The predicted molar refractivity (Wildman–Crippen MR) is 104 cm³/mol. The summed E-state index contributed by atoms with van der Waals surface area (Å²) in [6.45, 7) is 5.02. The molecular weight excluding hydrogens is 411 g/mol. The van der Waals surface area contributed by atoms with E-state index in [2.05, 4.69) is 9.98 Å². The largest absolute Gasteiger partial charge is 4.00 e. The second kappa shape index (κ2) is 12.2. The molecule has 0 N–H and O–H groups in total. The van der Waals surface area contributed by atoms with Gasteiger partial charge in [0.25, 0.3) is 0 Å². The van der Waals surface area contributed by atoms with Crippen LogP contribution in [0.1, 0.15) is 25.0 Å². The molecule has 0 saturated carbocycles. The summed E-state index contributed by atoms with van der Waals surface area (Å²) >= 11 is 0. The van der Waals surface area contributed by atoms with Crippen molar-refractivity contribution in [3.05, 3.63) is 47.5 Å². The maximum Gasteiger partial charge on any atom is 4.00 e. The Morgan fingerprint density at radius 1 is 0.828 bits per heavy atom. The van der Waals surface area contributed by atoms with E-state index in [1.54, 1.807) is 48.8 Å². The Balaban J connectivity index is 0.00000392. The molecule has 0 saturated heterocycles. The molecule has 7 nitrogen and oxygen atoms in total. The van der Waals surface area contributed by atoms with E-state index in [9.17, 15) is 10.2 Å². The van der Waals surface area contributed by atoms with Gasteiger partial charge < -0.3 is 25.2 Å². The van der Waals surface area contributed by atoms with Crippen LogP contribution in [0, 0.1) is 5.41 Å². The van der Waals surface area contributed by atoms with Crippen molar-refractivity contribution < 1.29 is 43.7 Å². The van der Waals surface area contributed by atoms with E-state index < -0.39 is 0 Å². The minimum Gasteiger partial charge on any atom is -2.00 e. The number of hydrogen-bond acceptors (Lipinski definition) is 6. The van der Waals surface area contributed by atoms with Gasteiger partial charge in [0.2, 0.25) is 0 Å². The summed E-state index contributed by atoms with van der Waals surface area (Å²) in [7, 11) is 2.93. The SMILES string of the molecule is COc1cccc(C=NCC(C)(C)CN=Cc2cccc(OC)c2[O-])c1[O-].[O-2].[V+4]. The van der Waals surface area contributed by atoms with Gasteiger partial charge in [-0.05, 0) is 23.3 Å². The third kappa shape index (κ3) is 7.46. The van der Waals surface area contributed by atoms with Crippen molar-refractivity contribution in [3.8, 4) is 23.0 Å². The van der Waals surface area contributed by atoms with Crippen LogP contribution >= 0.6 is 0 Å². The van der Waals surface area contributed by atoms with E-state index in [1.165, 1.54) is 14.2 Å². The first-order valence-electron chi connectivity index (χ1n) is 8.55. The van der Waals surface area contributed by atoms with Gasteiger partial charge in [-0.2, -0.15) is 0 Å². The zero-order chi connectivity index (χ0) is 19.9. The van der Waals surface area contributed by atoms with E-state index in [-0.39, 0.29) is 40.9 Å². The number of rotatable bonds is 8. The van der Waals surface area contributed by atoms with Crippen LogP contribution in [0.5, 0.6) is 23.0 Å². The molecule has 0 unspecified atom stereocenters. The topological polar surface area (TPSA) is 118 Å². The summed E-state index contributed by atoms with van der Waals surface area (Å²) in [4.78, 5) is 8.77. The molecule has 0 aliphatic rings. The number of aliphatic imine (C=N–C) groups is 2. The molecule has 0 bridgehead atoms. The van der Waals surface area contributed by atoms with E-state index in [0.29, 0.717) is 35.7 Å². The average molecular weight is 435 g/mol. The first kappa shape index (κ1) is 26.5. The standard InChI is InChI=1S/C21H26N2O4.O.V/c1-21(2,13-22-11-15-7-5-9-17(26-3)19(15)24)14-23-12-16-8-6-10-18(27-4)20(16)25;;/h5-12,24-25H,13-14H2,1-4H3;;/q;-2;+4/p-2. The van der Waals surface area contributed by atoms with E-state index in [1.807, 2.05) is 13.8 Å². The summed E-state index contributed by atoms with van der Waals surface area (Å²) in [5.41, 5.74) is 0.749. The third-order valence-corrected chi connectivity index (χ3v) is 3.96. The Morgan fingerprint density at radius 3 is 1.55 bits per heavy atom. The van der Waals surface area contributed by atoms with Crippen LogP contribution in [0.15, 0.2) is 46.4 Å². The summed E-state index contributed by atoms with van der Waals surface area (Å²) in [6, 6.07) is 10.2. The molecule has 0 fully saturated rings. The normalized spacial score (nSPS) is 11.2. The van der Waals surface area contributed by atoms with Crippen molar-refractivity contribution in [1.29, 1.82) is 0 Å². The van der Waals surface area contributed by atoms with E-state index in [0.717, 1.165) is 0 Å². The fourth-order valence-corrected chi connectivity index (χ4v) is 2.42. The smallest absolute Gasteiger partial charge is 2.00 e. The van der Waals surface area contributed by atoms with Crippen molar-refractivity contribution in [2.24, 2.45) is 15.4 Å². The summed E-state index contributed by atoms with van der Waals surface area (Å²) in [6.07, 6.45) is 3.13. The Labute approximate surface area is 183 Å². The molecule has 0 aliphatic carbocycles. The van der Waals surface area contributed by atoms with Gasteiger partial charge in [0, 0.05) is 30.9 Å². The molecule has 8 heteroatoms. The van der Waals surface area contributed by atoms with Gasteiger partial charge in [0.15, 0.2) is 0 Å². The molecule has 0 amide bonds. The summed E-state index contributed by atoms with van der Waals surface area (Å²) in [5.74, 6) is 0.241. The monoisotopic (exact) mass is 435 g/mol. The molecule has 29 heavy (non-hydrogen) atoms. The van der Waals surface area contributed by atoms with Gasteiger partial charge in [0.05, 0.1) is 14.2 Å². The van der Waals surface area contributed by atoms with Crippen molar-refractivity contribution in [2.75, 3.05) is 27.3 Å². The van der Waals surface area contributed by atoms with Crippen LogP contribution in [-0.4, -0.2) is 39.7 Å². The second-order valence-electron chi connectivity index (χ2n) is 6.86. The number of benzene rings is 2. The van der Waals surface area contributed by atoms with E-state index in [4.69, 9.17) is 9.47 Å². The fourth-order valence-electron chi connectivity index (χ4n) is 2.42. The molecule has 0 atom stereocenters. The van der Waals surface area contributed by atoms with Crippen LogP contribution in [0.4, 0.5) is 0 Å². The Morgan fingerprint density at radius 2 is 1.21 bits per heavy atom. The zero-order valence-electron chi connectivity index (χ0n) is 16.9. The van der Waals surface area contributed by atoms with Gasteiger partial charge >= 0.3 is 18.6 Å². The number of nitrogens with zero attached hydrogens (tertiary/aromatic N) is 2. The Bertz CT molecular complexity index is 770. The van der Waals surface area contributed by atoms with Crippen LogP contribution in [-0.2, 0) is 24.0 Å². The maximum atomic E-state index is 12.1. The molecule has 2 aromatic carbocycles. The van der Waals surface area contributed by atoms with Crippen molar-refractivity contribution >= 4 is 12.4 Å². The Hall–Kier alpha value is -2.48. The molecule has 0 spiro atoms. The fraction of sp³-hybridized carbons (Fsp3) is 0.333. The van der Waals surface area contributed by atoms with Crippen molar-refractivity contribution in [1.82, 2.24) is 0 Å². The number of ether oxygens (including phenoxy) is 2. The van der Waals surface area contributed by atoms with Crippen LogP contribution in [0.2, 0.25) is 0 Å². The molecule has 153 valence electrons. The van der Waals surface area contributed by atoms with Gasteiger partial charge in [-0.15, -0.1) is 0 Å². The number of hydrogen-bond donors (Lipinski definition) is 0. The molecule has 0 aromatic heterocycles. The molecular formula is C21H24N2O5V. The first-order chi connectivity index (χ1) is 12.9. The minimum absolute atomic E-state index is 0. The van der Waals surface area contributed by atoms with Gasteiger partial charge in [-0.25, -0.2) is 0 Å². The summed E-state index contributed by atoms with van der Waals surface area (Å²) < 4.78 is 10.1. The maximum absolute atomic E-state index is 12.1. The summed E-state index contributed by atoms with van der Waals surface area (Å²) in [5, 5.41) is 24.2. The number of methoxy groups -OCH3 is 2. The quantitative estimate of drug-likeness (QED) is 0.591. The van der Waals surface area contributed by atoms with Crippen molar-refractivity contribution in [2.45, 2.75) is 13.8 Å². The first-order valence-corrected chi connectivity index (χ1v) is 8.55. The van der Waals surface area contributed by atoms with Crippen molar-refractivity contribution in [3.63, 3.8) is 0 Å². The zero-order valence-corrected chi connectivity index (χ0v) is 18.3. The molecule has 0 aliphatic heterocycles. The predicted octanol–water partition coefficient (Wildman–Crippen LogP) is 2.29. The second-order valence-corrected chi connectivity index (χ2v) is 6.86. The average Bonchev–Trinajstić information content (AvgIpc) is 2.64. The molecule has 1 radical (unpaired) electrons. The number of para-hydroxylation sites is 2. The Kier molecular flexibility index (Phi) is 11.1. The van der Waals surface area contributed by atoms with Gasteiger partial charge in [-0.1, -0.05) is 49.6 Å². The third-order valence-electron chi connectivity index (χ3n) is 3.96. The van der Waals surface area contributed by atoms with Gasteiger partial charge in [0.1, 0.15) is 11.5 Å².